The van der Waals surface area contributed by atoms with E-state index < -0.39 is 17.8 Å². The molecule has 1 heterocycles. The van der Waals surface area contributed by atoms with Crippen molar-refractivity contribution in [2.75, 3.05) is 12.3 Å². The van der Waals surface area contributed by atoms with Gasteiger partial charge < -0.3 is 21.9 Å². The lowest BCUT2D eigenvalue weighted by molar-refractivity contribution is -0.119. The number of primary amides is 1. The Bertz CT molecular complexity index is 1350. The first kappa shape index (κ1) is 27.2. The average molecular weight is 509 g/mol. The highest BCUT2D eigenvalue weighted by molar-refractivity contribution is 5.92. The number of carboxylic acid groups (broad SMARTS) is 1. The maximum atomic E-state index is 13.5. The van der Waals surface area contributed by atoms with Crippen molar-refractivity contribution < 1.29 is 23.9 Å². The van der Waals surface area contributed by atoms with Gasteiger partial charge in [-0.05, 0) is 61.2 Å². The summed E-state index contributed by atoms with van der Waals surface area (Å²) >= 11 is 0. The largest absolute Gasteiger partial charge is 0.478 e. The van der Waals surface area contributed by atoms with E-state index in [9.17, 15) is 23.9 Å². The van der Waals surface area contributed by atoms with Crippen molar-refractivity contribution in [1.82, 2.24) is 20.2 Å². The van der Waals surface area contributed by atoms with Gasteiger partial charge in [-0.3, -0.25) is 14.5 Å². The molecule has 37 heavy (non-hydrogen) atoms. The molecule has 0 fully saturated rings. The summed E-state index contributed by atoms with van der Waals surface area (Å²) < 4.78 is 13.5. The van der Waals surface area contributed by atoms with E-state index in [4.69, 9.17) is 11.5 Å². The number of nitrogens with one attached hydrogen (secondary N) is 1. The van der Waals surface area contributed by atoms with Crippen molar-refractivity contribution >= 4 is 23.7 Å². The molecule has 11 heteroatoms. The Hall–Kier alpha value is -4.38. The zero-order valence-electron chi connectivity index (χ0n) is 20.8. The second-order valence-corrected chi connectivity index (χ2v) is 8.80. The van der Waals surface area contributed by atoms with Crippen LogP contribution < -0.4 is 16.8 Å². The number of rotatable bonds is 10. The summed E-state index contributed by atoms with van der Waals surface area (Å²) in [7, 11) is 0. The average Bonchev–Trinajstić information content (AvgIpc) is 2.82. The van der Waals surface area contributed by atoms with Gasteiger partial charge in [0.2, 0.25) is 11.9 Å². The number of aromatic nitrogens is 2. The molecule has 1 atom stereocenters. The predicted octanol–water partition coefficient (Wildman–Crippen LogP) is 2.49. The van der Waals surface area contributed by atoms with E-state index in [1.807, 2.05) is 6.92 Å². The van der Waals surface area contributed by atoms with Gasteiger partial charge in [-0.1, -0.05) is 24.3 Å². The molecule has 3 rings (SSSR count). The third-order valence-corrected chi connectivity index (χ3v) is 5.94. The Morgan fingerprint density at radius 1 is 1.08 bits per heavy atom. The van der Waals surface area contributed by atoms with Gasteiger partial charge in [-0.2, -0.15) is 0 Å². The monoisotopic (exact) mass is 508 g/mol. The minimum atomic E-state index is -1.03. The zero-order chi connectivity index (χ0) is 27.3. The number of halogens is 1. The number of carbonyl (C=O) groups excluding carboxylic acids is 2. The number of hydrogen-bond donors (Lipinski definition) is 4. The Kier molecular flexibility index (Phi) is 8.51. The third-order valence-electron chi connectivity index (χ3n) is 5.94. The number of carboxylic acids is 1. The minimum Gasteiger partial charge on any atom is -0.478 e. The van der Waals surface area contributed by atoms with Gasteiger partial charge >= 0.3 is 5.97 Å². The van der Waals surface area contributed by atoms with E-state index in [0.29, 0.717) is 16.8 Å². The fraction of sp³-hybridized carbons (Fsp3) is 0.269. The molecule has 0 spiro atoms. The van der Waals surface area contributed by atoms with E-state index in [1.165, 1.54) is 18.2 Å². The Labute approximate surface area is 213 Å². The van der Waals surface area contributed by atoms with E-state index in [0.717, 1.165) is 11.1 Å². The summed E-state index contributed by atoms with van der Waals surface area (Å²) in [6, 6.07) is 10.6. The topological polar surface area (TPSA) is 165 Å². The van der Waals surface area contributed by atoms with Crippen molar-refractivity contribution in [2.24, 2.45) is 5.73 Å². The van der Waals surface area contributed by atoms with Gasteiger partial charge in [0.15, 0.2) is 0 Å². The van der Waals surface area contributed by atoms with Crippen molar-refractivity contribution in [2.45, 2.75) is 39.9 Å². The number of benzene rings is 2. The van der Waals surface area contributed by atoms with Crippen molar-refractivity contribution in [3.8, 4) is 0 Å². The van der Waals surface area contributed by atoms with Gasteiger partial charge in [0.25, 0.3) is 5.91 Å². The van der Waals surface area contributed by atoms with Crippen LogP contribution in [0, 0.1) is 19.7 Å². The molecular formula is C26H29FN6O4. The number of nitrogen functional groups attached to an aromatic ring is 1. The van der Waals surface area contributed by atoms with Crippen LogP contribution >= 0.6 is 0 Å². The Balaban J connectivity index is 1.80. The first-order valence-corrected chi connectivity index (χ1v) is 11.5. The van der Waals surface area contributed by atoms with Crippen LogP contribution in [0.5, 0.6) is 0 Å². The lowest BCUT2D eigenvalue weighted by Gasteiger charge is -2.28. The number of nitrogens with zero attached hydrogens (tertiary/aromatic N) is 3. The van der Waals surface area contributed by atoms with Crippen molar-refractivity contribution in [3.63, 3.8) is 0 Å². The molecule has 10 nitrogen and oxygen atoms in total. The van der Waals surface area contributed by atoms with Crippen LogP contribution in [0.25, 0.3) is 0 Å². The highest BCUT2D eigenvalue weighted by Crippen LogP contribution is 2.24. The Morgan fingerprint density at radius 3 is 2.43 bits per heavy atom. The maximum absolute atomic E-state index is 13.5. The lowest BCUT2D eigenvalue weighted by Crippen LogP contribution is -2.36. The molecule has 0 saturated heterocycles. The molecule has 6 N–H and O–H groups in total. The maximum Gasteiger partial charge on any atom is 0.335 e. The first-order chi connectivity index (χ1) is 17.4. The first-order valence-electron chi connectivity index (χ1n) is 11.5. The highest BCUT2D eigenvalue weighted by atomic mass is 19.1. The standard InChI is InChI=1S/C26H29FN6O4/c1-14-9-18(5-6-20(14)25(36)37)16(3)33(13-23(28)34)12-19-10-22(32-26(29)31-19)24(35)30-11-17-4-7-21(27)15(2)8-17/h4-10,16H,11-13H2,1-3H3,(H2,28,34)(H,30,35)(H,36,37)(H2,29,31,32)/t16-/m1/s1. The zero-order valence-corrected chi connectivity index (χ0v) is 20.8. The number of hydrogen-bond acceptors (Lipinski definition) is 7. The van der Waals surface area contributed by atoms with Gasteiger partial charge in [0, 0.05) is 19.1 Å². The fourth-order valence-electron chi connectivity index (χ4n) is 3.94. The number of nitrogens with two attached hydrogens (primary N) is 2. The molecule has 0 unspecified atom stereocenters. The van der Waals surface area contributed by atoms with Crippen LogP contribution in [0.2, 0.25) is 0 Å². The molecule has 0 saturated carbocycles. The predicted molar refractivity (Wildman–Crippen MR) is 135 cm³/mol. The van der Waals surface area contributed by atoms with E-state index >= 15 is 0 Å². The highest BCUT2D eigenvalue weighted by Gasteiger charge is 2.21. The van der Waals surface area contributed by atoms with Gasteiger partial charge in [0.1, 0.15) is 11.5 Å². The van der Waals surface area contributed by atoms with Crippen LogP contribution in [-0.2, 0) is 17.9 Å². The number of amides is 2. The van der Waals surface area contributed by atoms with Gasteiger partial charge in [-0.15, -0.1) is 0 Å². The molecule has 194 valence electrons. The summed E-state index contributed by atoms with van der Waals surface area (Å²) in [6.45, 7) is 5.35. The van der Waals surface area contributed by atoms with E-state index in [2.05, 4.69) is 15.3 Å². The smallest absolute Gasteiger partial charge is 0.335 e. The molecular weight excluding hydrogens is 479 g/mol. The summed E-state index contributed by atoms with van der Waals surface area (Å²) in [4.78, 5) is 45.9. The molecule has 0 aliphatic rings. The lowest BCUT2D eigenvalue weighted by atomic mass is 10.00. The quantitative estimate of drug-likeness (QED) is 0.324. The number of aryl methyl sites for hydroxylation is 2. The number of carbonyl (C=O) groups is 3. The van der Waals surface area contributed by atoms with E-state index in [-0.39, 0.29) is 48.7 Å². The Morgan fingerprint density at radius 2 is 1.81 bits per heavy atom. The van der Waals surface area contributed by atoms with Crippen molar-refractivity contribution in [3.05, 3.63) is 87.5 Å². The molecule has 1 aromatic heterocycles. The van der Waals surface area contributed by atoms with Crippen LogP contribution in [0.3, 0.4) is 0 Å². The normalized spacial score (nSPS) is 11.8. The molecule has 2 aromatic carbocycles. The van der Waals surface area contributed by atoms with Crippen molar-refractivity contribution in [1.29, 1.82) is 0 Å². The number of anilines is 1. The second kappa shape index (κ2) is 11.6. The van der Waals surface area contributed by atoms with E-state index in [1.54, 1.807) is 43.0 Å². The van der Waals surface area contributed by atoms with Crippen LogP contribution in [0.4, 0.5) is 10.3 Å². The summed E-state index contributed by atoms with van der Waals surface area (Å²) in [6.07, 6.45) is 0. The van der Waals surface area contributed by atoms with Gasteiger partial charge in [-0.25, -0.2) is 19.2 Å². The molecule has 0 bridgehead atoms. The molecule has 2 amide bonds. The minimum absolute atomic E-state index is 0.0367. The third kappa shape index (κ3) is 7.07. The SMILES string of the molecule is Cc1cc(CNC(=O)c2cc(CN(CC(N)=O)[C@H](C)c3ccc(C(=O)O)c(C)c3)nc(N)n2)ccc1F. The second-order valence-electron chi connectivity index (χ2n) is 8.80. The number of aromatic carboxylic acids is 1. The van der Waals surface area contributed by atoms with Crippen LogP contribution in [0.15, 0.2) is 42.5 Å². The molecule has 0 radical (unpaired) electrons. The molecule has 0 aliphatic carbocycles. The summed E-state index contributed by atoms with van der Waals surface area (Å²) in [5.74, 6) is -2.53. The fourth-order valence-corrected chi connectivity index (χ4v) is 3.94. The summed E-state index contributed by atoms with van der Waals surface area (Å²) in [5, 5.41) is 12.0. The van der Waals surface area contributed by atoms with Crippen LogP contribution in [0.1, 0.15) is 61.8 Å². The summed E-state index contributed by atoms with van der Waals surface area (Å²) in [5.41, 5.74) is 14.5. The molecule has 3 aromatic rings. The van der Waals surface area contributed by atoms with Crippen LogP contribution in [-0.4, -0.2) is 44.3 Å². The van der Waals surface area contributed by atoms with Gasteiger partial charge in [0.05, 0.1) is 17.8 Å². The molecule has 0 aliphatic heterocycles.